The van der Waals surface area contributed by atoms with Gasteiger partial charge in [0, 0.05) is 5.54 Å². The molecule has 0 aliphatic carbocycles. The zero-order chi connectivity index (χ0) is 24.6. The van der Waals surface area contributed by atoms with Crippen molar-refractivity contribution in [3.05, 3.63) is 53.0 Å². The van der Waals surface area contributed by atoms with Gasteiger partial charge in [-0.2, -0.15) is 0 Å². The molecule has 0 saturated carbocycles. The third-order valence-electron chi connectivity index (χ3n) is 4.81. The van der Waals surface area contributed by atoms with Gasteiger partial charge in [-0.15, -0.1) is 0 Å². The number of halogens is 1. The van der Waals surface area contributed by atoms with Crippen molar-refractivity contribution in [1.82, 2.24) is 10.3 Å². The number of aromatic nitrogens is 1. The van der Waals surface area contributed by atoms with E-state index in [1.807, 2.05) is 27.7 Å². The monoisotopic (exact) mass is 457 g/mol. The van der Waals surface area contributed by atoms with Crippen LogP contribution in [0.2, 0.25) is 0 Å². The predicted octanol–water partition coefficient (Wildman–Crippen LogP) is 4.86. The van der Waals surface area contributed by atoms with Crippen LogP contribution in [0.1, 0.15) is 70.1 Å². The molecule has 3 rings (SSSR count). The Morgan fingerprint density at radius 3 is 2.39 bits per heavy atom. The molecule has 178 valence electrons. The van der Waals surface area contributed by atoms with Crippen LogP contribution in [0.4, 0.5) is 14.9 Å². The topological polar surface area (TPSA) is 80.8 Å². The van der Waals surface area contributed by atoms with E-state index in [1.54, 1.807) is 39.0 Å². The molecule has 0 fully saturated rings. The maximum Gasteiger partial charge on any atom is 0.415 e. The van der Waals surface area contributed by atoms with Crippen LogP contribution in [0.15, 0.2) is 30.3 Å². The first-order chi connectivity index (χ1) is 15.2. The van der Waals surface area contributed by atoms with Crippen LogP contribution < -0.4 is 15.0 Å². The molecule has 1 atom stereocenters. The molecule has 2 aromatic rings. The van der Waals surface area contributed by atoms with Crippen LogP contribution in [-0.4, -0.2) is 40.8 Å². The van der Waals surface area contributed by atoms with Crippen molar-refractivity contribution in [2.45, 2.75) is 72.1 Å². The molecule has 1 aliphatic rings. The Bertz CT molecular complexity index is 1040. The lowest BCUT2D eigenvalue weighted by Crippen LogP contribution is -2.48. The fourth-order valence-corrected chi connectivity index (χ4v) is 3.46. The first-order valence-electron chi connectivity index (χ1n) is 11.0. The van der Waals surface area contributed by atoms with E-state index in [4.69, 9.17) is 9.47 Å². The Balaban J connectivity index is 2.09. The Labute approximate surface area is 194 Å². The SMILES string of the molecule is C[C@H]1COc2nc(C(=O)NC(C)(C)C)c(Cc3ccc(F)cc3)cc2N1C(=O)OC(C)(C)C. The number of amides is 2. The number of nitrogens with one attached hydrogen (secondary N) is 1. The fourth-order valence-electron chi connectivity index (χ4n) is 3.46. The summed E-state index contributed by atoms with van der Waals surface area (Å²) in [7, 11) is 0. The third kappa shape index (κ3) is 6.21. The maximum atomic E-state index is 13.4. The van der Waals surface area contributed by atoms with Gasteiger partial charge in [-0.05, 0) is 84.2 Å². The lowest BCUT2D eigenvalue weighted by Gasteiger charge is -2.36. The van der Waals surface area contributed by atoms with Crippen LogP contribution in [0.5, 0.6) is 5.88 Å². The lowest BCUT2D eigenvalue weighted by atomic mass is 10.0. The van der Waals surface area contributed by atoms with Gasteiger partial charge in [-0.1, -0.05) is 12.1 Å². The van der Waals surface area contributed by atoms with Crippen LogP contribution in [0.3, 0.4) is 0 Å². The molecule has 1 aromatic heterocycles. The zero-order valence-corrected chi connectivity index (χ0v) is 20.3. The summed E-state index contributed by atoms with van der Waals surface area (Å²) in [6.07, 6.45) is -0.190. The number of fused-ring (bicyclic) bond motifs is 1. The summed E-state index contributed by atoms with van der Waals surface area (Å²) in [5.74, 6) is -0.499. The van der Waals surface area contributed by atoms with Gasteiger partial charge in [0.1, 0.15) is 29.4 Å². The highest BCUT2D eigenvalue weighted by Crippen LogP contribution is 2.36. The molecular weight excluding hydrogens is 425 g/mol. The molecule has 1 aliphatic heterocycles. The number of hydrogen-bond donors (Lipinski definition) is 1. The zero-order valence-electron chi connectivity index (χ0n) is 20.3. The lowest BCUT2D eigenvalue weighted by molar-refractivity contribution is 0.0546. The number of ether oxygens (including phenoxy) is 2. The molecular formula is C25H32FN3O4. The molecule has 2 amide bonds. The Morgan fingerprint density at radius 2 is 1.82 bits per heavy atom. The molecule has 0 saturated heterocycles. The van der Waals surface area contributed by atoms with Crippen LogP contribution in [0, 0.1) is 5.82 Å². The van der Waals surface area contributed by atoms with E-state index >= 15 is 0 Å². The molecule has 33 heavy (non-hydrogen) atoms. The quantitative estimate of drug-likeness (QED) is 0.712. The van der Waals surface area contributed by atoms with Crippen molar-refractivity contribution >= 4 is 17.7 Å². The third-order valence-corrected chi connectivity index (χ3v) is 4.81. The second-order valence-corrected chi connectivity index (χ2v) is 10.3. The first kappa shape index (κ1) is 24.5. The Kier molecular flexibility index (Phi) is 6.68. The van der Waals surface area contributed by atoms with Crippen LogP contribution in [0.25, 0.3) is 0 Å². The second-order valence-electron chi connectivity index (χ2n) is 10.3. The van der Waals surface area contributed by atoms with E-state index in [2.05, 4.69) is 10.3 Å². The summed E-state index contributed by atoms with van der Waals surface area (Å²) in [5, 5.41) is 2.93. The van der Waals surface area contributed by atoms with Crippen molar-refractivity contribution in [3.8, 4) is 5.88 Å². The van der Waals surface area contributed by atoms with Crippen molar-refractivity contribution in [2.75, 3.05) is 11.5 Å². The van der Waals surface area contributed by atoms with E-state index in [1.165, 1.54) is 17.0 Å². The fraction of sp³-hybridized carbons (Fsp3) is 0.480. The van der Waals surface area contributed by atoms with Crippen molar-refractivity contribution in [1.29, 1.82) is 0 Å². The van der Waals surface area contributed by atoms with E-state index in [-0.39, 0.29) is 35.9 Å². The largest absolute Gasteiger partial charge is 0.474 e. The number of benzene rings is 1. The summed E-state index contributed by atoms with van der Waals surface area (Å²) in [4.78, 5) is 32.1. The molecule has 1 N–H and O–H groups in total. The number of hydrogen-bond acceptors (Lipinski definition) is 5. The smallest absolute Gasteiger partial charge is 0.415 e. The van der Waals surface area contributed by atoms with Gasteiger partial charge in [-0.3, -0.25) is 9.69 Å². The summed E-state index contributed by atoms with van der Waals surface area (Å²) < 4.78 is 24.8. The first-order valence-corrected chi connectivity index (χ1v) is 11.0. The van der Waals surface area contributed by atoms with Gasteiger partial charge < -0.3 is 14.8 Å². The number of carbonyl (C=O) groups is 2. The average molecular weight is 458 g/mol. The summed E-state index contributed by atoms with van der Waals surface area (Å²) in [6.45, 7) is 13.1. The van der Waals surface area contributed by atoms with Gasteiger partial charge in [0.25, 0.3) is 5.91 Å². The summed E-state index contributed by atoms with van der Waals surface area (Å²) in [6, 6.07) is 7.50. The molecule has 0 bridgehead atoms. The second kappa shape index (κ2) is 9.00. The Morgan fingerprint density at radius 1 is 1.18 bits per heavy atom. The number of nitrogens with zero attached hydrogens (tertiary/aromatic N) is 2. The standard InChI is InChI=1S/C25H32FN3O4/c1-15-14-32-22-19(29(15)23(31)33-25(5,6)7)13-17(12-16-8-10-18(26)11-9-16)20(27-22)21(30)28-24(2,3)4/h8-11,13,15H,12,14H2,1-7H3,(H,28,30)/t15-/m0/s1. The normalized spacial score (nSPS) is 16.0. The molecule has 1 aromatic carbocycles. The molecule has 0 unspecified atom stereocenters. The number of carbonyl (C=O) groups excluding carboxylic acids is 2. The van der Waals surface area contributed by atoms with Crippen LogP contribution >= 0.6 is 0 Å². The van der Waals surface area contributed by atoms with Gasteiger partial charge in [-0.25, -0.2) is 14.2 Å². The summed E-state index contributed by atoms with van der Waals surface area (Å²) >= 11 is 0. The molecule has 2 heterocycles. The van der Waals surface area contributed by atoms with Gasteiger partial charge >= 0.3 is 6.09 Å². The predicted molar refractivity (Wildman–Crippen MR) is 124 cm³/mol. The number of anilines is 1. The average Bonchev–Trinajstić information content (AvgIpc) is 2.66. The van der Waals surface area contributed by atoms with E-state index in [0.29, 0.717) is 17.7 Å². The van der Waals surface area contributed by atoms with E-state index in [0.717, 1.165) is 5.56 Å². The molecule has 0 radical (unpaired) electrons. The van der Waals surface area contributed by atoms with Crippen LogP contribution in [-0.2, 0) is 11.2 Å². The maximum absolute atomic E-state index is 13.4. The van der Waals surface area contributed by atoms with Gasteiger partial charge in [0.2, 0.25) is 5.88 Å². The van der Waals surface area contributed by atoms with Crippen molar-refractivity contribution < 1.29 is 23.5 Å². The molecule has 7 nitrogen and oxygen atoms in total. The molecule has 8 heteroatoms. The minimum atomic E-state index is -0.674. The highest BCUT2D eigenvalue weighted by Gasteiger charge is 2.35. The highest BCUT2D eigenvalue weighted by atomic mass is 19.1. The minimum absolute atomic E-state index is 0.195. The van der Waals surface area contributed by atoms with E-state index < -0.39 is 17.2 Å². The minimum Gasteiger partial charge on any atom is -0.474 e. The number of pyridine rings is 1. The van der Waals surface area contributed by atoms with Crippen molar-refractivity contribution in [3.63, 3.8) is 0 Å². The molecule has 0 spiro atoms. The van der Waals surface area contributed by atoms with E-state index in [9.17, 15) is 14.0 Å². The van der Waals surface area contributed by atoms with Gasteiger partial charge in [0.05, 0.1) is 6.04 Å². The Hall–Kier alpha value is -3.16. The van der Waals surface area contributed by atoms with Gasteiger partial charge in [0.15, 0.2) is 0 Å². The number of rotatable bonds is 3. The highest BCUT2D eigenvalue weighted by molar-refractivity contribution is 5.97. The van der Waals surface area contributed by atoms with Crippen molar-refractivity contribution in [2.24, 2.45) is 0 Å². The summed E-state index contributed by atoms with van der Waals surface area (Å²) in [5.41, 5.74) is 0.885.